The Balaban J connectivity index is 1.62. The standard InChI is InChI=1S/C21H23N3O2S/c1-12-5-7-13(8-6-12)14-11-15(25)22-20-16(14)17-18(27-20)19(26)24-21(23-17)9-3-2-4-10-21/h5-8,14,23H,2-4,9-11H2,1H3,(H,22,25)(H,24,26)/t14-/m1/s1. The van der Waals surface area contributed by atoms with Gasteiger partial charge in [-0.1, -0.05) is 36.2 Å². The van der Waals surface area contributed by atoms with E-state index in [0.717, 1.165) is 47.5 Å². The van der Waals surface area contributed by atoms with Crippen LogP contribution < -0.4 is 16.0 Å². The molecule has 0 bridgehead atoms. The van der Waals surface area contributed by atoms with Gasteiger partial charge in [0.25, 0.3) is 5.91 Å². The highest BCUT2D eigenvalue weighted by Crippen LogP contribution is 2.51. The van der Waals surface area contributed by atoms with E-state index in [-0.39, 0.29) is 23.4 Å². The molecule has 3 N–H and O–H groups in total. The molecule has 1 saturated carbocycles. The lowest BCUT2D eigenvalue weighted by atomic mass is 9.83. The first-order valence-electron chi connectivity index (χ1n) is 9.68. The van der Waals surface area contributed by atoms with E-state index in [1.807, 2.05) is 0 Å². The van der Waals surface area contributed by atoms with Gasteiger partial charge < -0.3 is 16.0 Å². The second-order valence-electron chi connectivity index (χ2n) is 7.99. The molecule has 0 unspecified atom stereocenters. The first-order valence-corrected chi connectivity index (χ1v) is 10.5. The van der Waals surface area contributed by atoms with E-state index in [4.69, 9.17) is 0 Å². The van der Waals surface area contributed by atoms with Crippen molar-refractivity contribution in [3.63, 3.8) is 0 Å². The van der Waals surface area contributed by atoms with E-state index < -0.39 is 0 Å². The van der Waals surface area contributed by atoms with E-state index in [1.54, 1.807) is 0 Å². The molecule has 1 fully saturated rings. The molecule has 6 heteroatoms. The van der Waals surface area contributed by atoms with Crippen molar-refractivity contribution < 1.29 is 9.59 Å². The van der Waals surface area contributed by atoms with E-state index >= 15 is 0 Å². The van der Waals surface area contributed by atoms with Crippen molar-refractivity contribution in [3.05, 3.63) is 45.8 Å². The van der Waals surface area contributed by atoms with E-state index in [1.165, 1.54) is 23.3 Å². The smallest absolute Gasteiger partial charge is 0.265 e. The van der Waals surface area contributed by atoms with Gasteiger partial charge in [-0.25, -0.2) is 0 Å². The van der Waals surface area contributed by atoms with E-state index in [9.17, 15) is 9.59 Å². The van der Waals surface area contributed by atoms with Crippen LogP contribution in [0.5, 0.6) is 0 Å². The van der Waals surface area contributed by atoms with Gasteiger partial charge in [0.05, 0.1) is 5.69 Å². The summed E-state index contributed by atoms with van der Waals surface area (Å²) >= 11 is 1.39. The molecule has 1 spiro atoms. The van der Waals surface area contributed by atoms with Gasteiger partial charge >= 0.3 is 0 Å². The zero-order chi connectivity index (χ0) is 18.6. The fourth-order valence-electron chi connectivity index (χ4n) is 4.65. The quantitative estimate of drug-likeness (QED) is 0.688. The molecule has 1 aromatic carbocycles. The van der Waals surface area contributed by atoms with Crippen LogP contribution in [0, 0.1) is 6.92 Å². The molecular formula is C21H23N3O2S. The maximum atomic E-state index is 12.9. The lowest BCUT2D eigenvalue weighted by Gasteiger charge is -2.43. The Morgan fingerprint density at radius 2 is 1.78 bits per heavy atom. The third-order valence-electron chi connectivity index (χ3n) is 6.05. The third-order valence-corrected chi connectivity index (χ3v) is 7.17. The van der Waals surface area contributed by atoms with Gasteiger partial charge in [0, 0.05) is 17.9 Å². The van der Waals surface area contributed by atoms with Crippen molar-refractivity contribution in [3.8, 4) is 0 Å². The molecule has 5 nitrogen and oxygen atoms in total. The van der Waals surface area contributed by atoms with Gasteiger partial charge in [-0.05, 0) is 38.2 Å². The zero-order valence-corrected chi connectivity index (χ0v) is 16.2. The van der Waals surface area contributed by atoms with Crippen molar-refractivity contribution in [2.45, 2.75) is 57.0 Å². The summed E-state index contributed by atoms with van der Waals surface area (Å²) in [5, 5.41) is 10.7. The number of benzene rings is 1. The van der Waals surface area contributed by atoms with Crippen molar-refractivity contribution >= 4 is 33.8 Å². The Morgan fingerprint density at radius 3 is 2.52 bits per heavy atom. The summed E-state index contributed by atoms with van der Waals surface area (Å²) in [6.45, 7) is 2.06. The number of rotatable bonds is 1. The first-order chi connectivity index (χ1) is 13.0. The van der Waals surface area contributed by atoms with Gasteiger partial charge in [0.1, 0.15) is 15.5 Å². The molecule has 2 aromatic rings. The molecule has 2 amide bonds. The van der Waals surface area contributed by atoms with Crippen LogP contribution in [0.3, 0.4) is 0 Å². The van der Waals surface area contributed by atoms with Crippen molar-refractivity contribution in [2.75, 3.05) is 10.6 Å². The summed E-state index contributed by atoms with van der Waals surface area (Å²) in [5.74, 6) is -0.0187. The normalized spacial score (nSPS) is 23.1. The van der Waals surface area contributed by atoms with Crippen LogP contribution in [0.15, 0.2) is 24.3 Å². The van der Waals surface area contributed by atoms with Gasteiger partial charge in [0.2, 0.25) is 5.91 Å². The van der Waals surface area contributed by atoms with Gasteiger partial charge in [-0.3, -0.25) is 9.59 Å². The van der Waals surface area contributed by atoms with E-state index in [2.05, 4.69) is 47.1 Å². The van der Waals surface area contributed by atoms with Crippen LogP contribution in [0.25, 0.3) is 0 Å². The van der Waals surface area contributed by atoms with Crippen LogP contribution >= 0.6 is 11.3 Å². The summed E-state index contributed by atoms with van der Waals surface area (Å²) in [4.78, 5) is 25.9. The first kappa shape index (κ1) is 16.8. The molecule has 0 saturated heterocycles. The van der Waals surface area contributed by atoms with Gasteiger partial charge in [0.15, 0.2) is 0 Å². The summed E-state index contributed by atoms with van der Waals surface area (Å²) in [7, 11) is 0. The lowest BCUT2D eigenvalue weighted by molar-refractivity contribution is -0.116. The predicted octanol–water partition coefficient (Wildman–Crippen LogP) is 4.35. The highest BCUT2D eigenvalue weighted by Gasteiger charge is 2.43. The highest BCUT2D eigenvalue weighted by atomic mass is 32.1. The number of hydrogen-bond donors (Lipinski definition) is 3. The van der Waals surface area contributed by atoms with Crippen LogP contribution in [-0.4, -0.2) is 17.5 Å². The summed E-state index contributed by atoms with van der Waals surface area (Å²) < 4.78 is 0. The monoisotopic (exact) mass is 381 g/mol. The van der Waals surface area contributed by atoms with Crippen molar-refractivity contribution in [1.82, 2.24) is 5.32 Å². The molecule has 2 aliphatic heterocycles. The fourth-order valence-corrected chi connectivity index (χ4v) is 5.78. The van der Waals surface area contributed by atoms with Crippen LogP contribution in [0.2, 0.25) is 0 Å². The topological polar surface area (TPSA) is 70.2 Å². The van der Waals surface area contributed by atoms with Gasteiger partial charge in [-0.15, -0.1) is 11.3 Å². The number of aryl methyl sites for hydroxylation is 1. The molecule has 0 radical (unpaired) electrons. The average molecular weight is 382 g/mol. The second-order valence-corrected chi connectivity index (χ2v) is 9.01. The fraction of sp³-hybridized carbons (Fsp3) is 0.429. The van der Waals surface area contributed by atoms with Crippen LogP contribution in [0.4, 0.5) is 10.7 Å². The molecule has 3 aliphatic rings. The molecule has 1 atom stereocenters. The maximum Gasteiger partial charge on any atom is 0.265 e. The number of carbonyl (C=O) groups is 2. The summed E-state index contributed by atoms with van der Waals surface area (Å²) in [5.41, 5.74) is 4.01. The Labute approximate surface area is 162 Å². The summed E-state index contributed by atoms with van der Waals surface area (Å²) in [6, 6.07) is 8.38. The molecule has 5 rings (SSSR count). The molecule has 27 heavy (non-hydrogen) atoms. The SMILES string of the molecule is Cc1ccc([C@H]2CC(=O)Nc3sc4c(c32)NC2(CCCCC2)NC4=O)cc1. The largest absolute Gasteiger partial charge is 0.361 e. The molecular weight excluding hydrogens is 358 g/mol. The number of hydrogen-bond acceptors (Lipinski definition) is 4. The highest BCUT2D eigenvalue weighted by molar-refractivity contribution is 7.19. The molecule has 1 aromatic heterocycles. The zero-order valence-electron chi connectivity index (χ0n) is 15.4. The van der Waals surface area contributed by atoms with Crippen LogP contribution in [-0.2, 0) is 4.79 Å². The van der Waals surface area contributed by atoms with E-state index in [0.29, 0.717) is 11.3 Å². The number of nitrogens with one attached hydrogen (secondary N) is 3. The maximum absolute atomic E-state index is 12.9. The minimum atomic E-state index is -0.337. The van der Waals surface area contributed by atoms with Crippen molar-refractivity contribution in [1.29, 1.82) is 0 Å². The number of carbonyl (C=O) groups excluding carboxylic acids is 2. The molecule has 140 valence electrons. The Morgan fingerprint density at radius 1 is 1.04 bits per heavy atom. The second kappa shape index (κ2) is 6.09. The molecule has 1 aliphatic carbocycles. The predicted molar refractivity (Wildman–Crippen MR) is 107 cm³/mol. The Kier molecular flexibility index (Phi) is 3.79. The average Bonchev–Trinajstić information content (AvgIpc) is 3.01. The van der Waals surface area contributed by atoms with Crippen LogP contribution in [0.1, 0.15) is 70.8 Å². The number of amides is 2. The van der Waals surface area contributed by atoms with Gasteiger partial charge in [-0.2, -0.15) is 0 Å². The number of anilines is 2. The third kappa shape index (κ3) is 2.74. The summed E-state index contributed by atoms with van der Waals surface area (Å²) in [6.07, 6.45) is 5.76. The Bertz CT molecular complexity index is 926. The number of fused-ring (bicyclic) bond motifs is 3. The minimum Gasteiger partial charge on any atom is -0.361 e. The number of thiophene rings is 1. The minimum absolute atomic E-state index is 0.0121. The Hall–Kier alpha value is -2.34. The lowest BCUT2D eigenvalue weighted by Crippen LogP contribution is -2.58. The van der Waals surface area contributed by atoms with Crippen molar-refractivity contribution in [2.24, 2.45) is 0 Å². The molecule has 3 heterocycles.